The fourth-order valence-corrected chi connectivity index (χ4v) is 3.37. The van der Waals surface area contributed by atoms with Crippen molar-refractivity contribution in [2.75, 3.05) is 19.6 Å². The van der Waals surface area contributed by atoms with Gasteiger partial charge in [0.05, 0.1) is 0 Å². The van der Waals surface area contributed by atoms with Crippen LogP contribution in [0.15, 0.2) is 0 Å². The number of nitrogens with one attached hydrogen (secondary N) is 1. The van der Waals surface area contributed by atoms with E-state index in [2.05, 4.69) is 12.2 Å². The molecule has 2 aliphatic heterocycles. The molecule has 0 spiro atoms. The van der Waals surface area contributed by atoms with Crippen LogP contribution in [0.5, 0.6) is 0 Å². The zero-order chi connectivity index (χ0) is 14.5. The van der Waals surface area contributed by atoms with E-state index in [4.69, 9.17) is 0 Å². The van der Waals surface area contributed by atoms with Crippen LogP contribution < -0.4 is 5.32 Å². The average Bonchev–Trinajstić information content (AvgIpc) is 2.97. The van der Waals surface area contributed by atoms with Crippen LogP contribution in [0, 0.1) is 11.8 Å². The Morgan fingerprint density at radius 3 is 2.70 bits per heavy atom. The Kier molecular flexibility index (Phi) is 5.40. The summed E-state index contributed by atoms with van der Waals surface area (Å²) < 4.78 is 0. The van der Waals surface area contributed by atoms with E-state index < -0.39 is 12.0 Å². The van der Waals surface area contributed by atoms with Crippen molar-refractivity contribution < 1.29 is 14.7 Å². The molecule has 0 aliphatic carbocycles. The number of hydrogen-bond acceptors (Lipinski definition) is 3. The number of aliphatic carboxylic acids is 1. The van der Waals surface area contributed by atoms with Gasteiger partial charge in [-0.15, -0.1) is 0 Å². The predicted molar refractivity (Wildman–Crippen MR) is 76.4 cm³/mol. The van der Waals surface area contributed by atoms with E-state index in [-0.39, 0.29) is 5.91 Å². The molecule has 3 atom stereocenters. The quantitative estimate of drug-likeness (QED) is 0.801. The van der Waals surface area contributed by atoms with Crippen molar-refractivity contribution >= 4 is 11.9 Å². The maximum Gasteiger partial charge on any atom is 0.326 e. The highest BCUT2D eigenvalue weighted by Crippen LogP contribution is 2.27. The molecule has 2 aliphatic rings. The van der Waals surface area contributed by atoms with Gasteiger partial charge in [0.2, 0.25) is 5.91 Å². The molecule has 20 heavy (non-hydrogen) atoms. The second-order valence-corrected chi connectivity index (χ2v) is 6.14. The van der Waals surface area contributed by atoms with Crippen LogP contribution in [0.3, 0.4) is 0 Å². The van der Waals surface area contributed by atoms with Crippen LogP contribution in [0.2, 0.25) is 0 Å². The van der Waals surface area contributed by atoms with Gasteiger partial charge in [0.15, 0.2) is 0 Å². The third-order valence-electron chi connectivity index (χ3n) is 4.82. The molecule has 1 amide bonds. The van der Waals surface area contributed by atoms with E-state index in [0.29, 0.717) is 31.2 Å². The highest BCUT2D eigenvalue weighted by molar-refractivity contribution is 5.83. The van der Waals surface area contributed by atoms with Gasteiger partial charge in [0, 0.05) is 13.0 Å². The molecule has 2 rings (SSSR count). The van der Waals surface area contributed by atoms with E-state index >= 15 is 0 Å². The van der Waals surface area contributed by atoms with Crippen molar-refractivity contribution in [1.82, 2.24) is 10.2 Å². The van der Waals surface area contributed by atoms with E-state index in [1.54, 1.807) is 4.90 Å². The van der Waals surface area contributed by atoms with Crippen molar-refractivity contribution in [2.45, 2.75) is 51.5 Å². The number of piperidine rings is 1. The maximum atomic E-state index is 12.3. The predicted octanol–water partition coefficient (Wildman–Crippen LogP) is 1.48. The summed E-state index contributed by atoms with van der Waals surface area (Å²) in [5.41, 5.74) is 0. The summed E-state index contributed by atoms with van der Waals surface area (Å²) in [4.78, 5) is 25.3. The van der Waals surface area contributed by atoms with Crippen molar-refractivity contribution in [3.8, 4) is 0 Å². The van der Waals surface area contributed by atoms with Crippen molar-refractivity contribution in [3.05, 3.63) is 0 Å². The number of amides is 1. The van der Waals surface area contributed by atoms with Gasteiger partial charge in [0.25, 0.3) is 0 Å². The van der Waals surface area contributed by atoms with E-state index in [9.17, 15) is 14.7 Å². The highest BCUT2D eigenvalue weighted by Gasteiger charge is 2.35. The Labute approximate surface area is 120 Å². The first-order valence-electron chi connectivity index (χ1n) is 7.84. The smallest absolute Gasteiger partial charge is 0.326 e. The largest absolute Gasteiger partial charge is 0.480 e. The molecule has 2 heterocycles. The van der Waals surface area contributed by atoms with Crippen molar-refractivity contribution in [1.29, 1.82) is 0 Å². The number of hydrogen-bond donors (Lipinski definition) is 2. The zero-order valence-corrected chi connectivity index (χ0v) is 12.3. The molecule has 0 aromatic carbocycles. The highest BCUT2D eigenvalue weighted by atomic mass is 16.4. The van der Waals surface area contributed by atoms with Gasteiger partial charge in [-0.3, -0.25) is 4.79 Å². The summed E-state index contributed by atoms with van der Waals surface area (Å²) >= 11 is 0. The zero-order valence-electron chi connectivity index (χ0n) is 12.3. The monoisotopic (exact) mass is 282 g/mol. The molecule has 2 fully saturated rings. The van der Waals surface area contributed by atoms with Gasteiger partial charge in [-0.05, 0) is 50.6 Å². The summed E-state index contributed by atoms with van der Waals surface area (Å²) in [7, 11) is 0. The SMILES string of the molecule is CCC1CCN(C(=O)CCC2CCNC2)C(C(=O)O)C1. The van der Waals surface area contributed by atoms with Crippen LogP contribution >= 0.6 is 0 Å². The minimum Gasteiger partial charge on any atom is -0.480 e. The molecule has 0 bridgehead atoms. The van der Waals surface area contributed by atoms with Gasteiger partial charge in [0.1, 0.15) is 6.04 Å². The maximum absolute atomic E-state index is 12.3. The Balaban J connectivity index is 1.87. The topological polar surface area (TPSA) is 69.6 Å². The fourth-order valence-electron chi connectivity index (χ4n) is 3.37. The average molecular weight is 282 g/mol. The van der Waals surface area contributed by atoms with Crippen LogP contribution in [0.1, 0.15) is 45.4 Å². The van der Waals surface area contributed by atoms with Gasteiger partial charge in [-0.25, -0.2) is 4.79 Å². The minimum atomic E-state index is -0.848. The first kappa shape index (κ1) is 15.3. The second kappa shape index (κ2) is 7.07. The number of rotatable bonds is 5. The lowest BCUT2D eigenvalue weighted by Gasteiger charge is -2.37. The molecular weight excluding hydrogens is 256 g/mol. The fraction of sp³-hybridized carbons (Fsp3) is 0.867. The Bertz CT molecular complexity index is 353. The van der Waals surface area contributed by atoms with Crippen LogP contribution in [-0.2, 0) is 9.59 Å². The third-order valence-corrected chi connectivity index (χ3v) is 4.82. The number of carboxylic acids is 1. The number of nitrogens with zero attached hydrogens (tertiary/aromatic N) is 1. The molecule has 0 saturated carbocycles. The van der Waals surface area contributed by atoms with Crippen molar-refractivity contribution in [2.24, 2.45) is 11.8 Å². The molecule has 2 N–H and O–H groups in total. The Hall–Kier alpha value is -1.10. The first-order chi connectivity index (χ1) is 9.61. The molecule has 0 aromatic rings. The Morgan fingerprint density at radius 1 is 1.30 bits per heavy atom. The summed E-state index contributed by atoms with van der Waals surface area (Å²) in [6, 6.07) is -0.608. The number of carbonyl (C=O) groups excluding carboxylic acids is 1. The van der Waals surface area contributed by atoms with E-state index in [0.717, 1.165) is 38.8 Å². The van der Waals surface area contributed by atoms with Gasteiger partial charge < -0.3 is 15.3 Å². The van der Waals surface area contributed by atoms with Crippen molar-refractivity contribution in [3.63, 3.8) is 0 Å². The van der Waals surface area contributed by atoms with Gasteiger partial charge >= 0.3 is 5.97 Å². The molecule has 3 unspecified atom stereocenters. The second-order valence-electron chi connectivity index (χ2n) is 6.14. The van der Waals surface area contributed by atoms with Gasteiger partial charge in [-0.2, -0.15) is 0 Å². The molecular formula is C15H26N2O3. The number of likely N-dealkylation sites (tertiary alicyclic amines) is 1. The van der Waals surface area contributed by atoms with E-state index in [1.165, 1.54) is 0 Å². The minimum absolute atomic E-state index is 0.0267. The molecule has 0 radical (unpaired) electrons. The summed E-state index contributed by atoms with van der Waals surface area (Å²) in [5.74, 6) is 0.201. The lowest BCUT2D eigenvalue weighted by molar-refractivity contribution is -0.153. The normalized spacial score (nSPS) is 30.4. The lowest BCUT2D eigenvalue weighted by Crippen LogP contribution is -2.50. The number of carbonyl (C=O) groups is 2. The third kappa shape index (κ3) is 3.72. The molecule has 2 saturated heterocycles. The molecule has 5 nitrogen and oxygen atoms in total. The molecule has 5 heteroatoms. The first-order valence-corrected chi connectivity index (χ1v) is 7.84. The Morgan fingerprint density at radius 2 is 2.10 bits per heavy atom. The summed E-state index contributed by atoms with van der Waals surface area (Å²) in [5, 5.41) is 12.6. The van der Waals surface area contributed by atoms with E-state index in [1.807, 2.05) is 0 Å². The van der Waals surface area contributed by atoms with Crippen LogP contribution in [0.4, 0.5) is 0 Å². The standard InChI is InChI=1S/C15H26N2O3/c1-2-11-6-8-17(13(9-11)15(19)20)14(18)4-3-12-5-7-16-10-12/h11-13,16H,2-10H2,1H3,(H,19,20). The lowest BCUT2D eigenvalue weighted by atomic mass is 9.88. The van der Waals surface area contributed by atoms with Crippen LogP contribution in [-0.4, -0.2) is 47.6 Å². The summed E-state index contributed by atoms with van der Waals surface area (Å²) in [6.07, 6.45) is 5.06. The van der Waals surface area contributed by atoms with Gasteiger partial charge in [-0.1, -0.05) is 13.3 Å². The molecule has 0 aromatic heterocycles. The summed E-state index contributed by atoms with van der Waals surface area (Å²) in [6.45, 7) is 4.73. The molecule has 114 valence electrons. The number of carboxylic acid groups (broad SMARTS) is 1. The van der Waals surface area contributed by atoms with Crippen LogP contribution in [0.25, 0.3) is 0 Å².